The first kappa shape index (κ1) is 20.3. The minimum absolute atomic E-state index is 0. The van der Waals surface area contributed by atoms with Gasteiger partial charge in [-0.25, -0.2) is 4.98 Å². The summed E-state index contributed by atoms with van der Waals surface area (Å²) in [5.41, 5.74) is 2.45. The second-order valence-electron chi connectivity index (χ2n) is 6.10. The molecule has 0 radical (unpaired) electrons. The van der Waals surface area contributed by atoms with E-state index in [-0.39, 0.29) is 23.9 Å². The van der Waals surface area contributed by atoms with E-state index in [0.29, 0.717) is 27.9 Å². The van der Waals surface area contributed by atoms with Crippen LogP contribution in [0.2, 0.25) is 10.0 Å². The third-order valence-corrected chi connectivity index (χ3v) is 4.99. The average molecular weight is 437 g/mol. The van der Waals surface area contributed by atoms with Gasteiger partial charge in [0.2, 0.25) is 0 Å². The molecule has 0 fully saturated rings. The lowest BCUT2D eigenvalue weighted by Gasteiger charge is -2.09. The quantitative estimate of drug-likeness (QED) is 0.429. The maximum absolute atomic E-state index is 12.7. The first-order valence-corrected chi connectivity index (χ1v) is 9.02. The smallest absolute Gasteiger partial charge is 0.258 e. The number of imidazole rings is 1. The van der Waals surface area contributed by atoms with Gasteiger partial charge in [0.05, 0.1) is 34.2 Å². The van der Waals surface area contributed by atoms with Gasteiger partial charge in [0, 0.05) is 23.3 Å². The number of carbonyl (C=O) groups is 1. The summed E-state index contributed by atoms with van der Waals surface area (Å²) in [6.45, 7) is 2.54. The zero-order chi connectivity index (χ0) is 19.0. The van der Waals surface area contributed by atoms with Crippen molar-refractivity contribution < 1.29 is 9.21 Å². The number of amides is 1. The molecule has 144 valence electrons. The fraction of sp³-hybridized carbons (Fsp3) is 0.100. The van der Waals surface area contributed by atoms with Gasteiger partial charge in [-0.3, -0.25) is 4.79 Å². The van der Waals surface area contributed by atoms with Gasteiger partial charge >= 0.3 is 0 Å². The molecule has 0 aliphatic heterocycles. The Morgan fingerprint density at radius 3 is 2.57 bits per heavy atom. The zero-order valence-electron chi connectivity index (χ0n) is 14.8. The van der Waals surface area contributed by atoms with E-state index in [1.807, 2.05) is 29.8 Å². The van der Waals surface area contributed by atoms with Crippen LogP contribution in [0.25, 0.3) is 11.0 Å². The number of para-hydroxylation sites is 1. The van der Waals surface area contributed by atoms with Crippen LogP contribution in [-0.2, 0) is 6.54 Å². The van der Waals surface area contributed by atoms with Crippen molar-refractivity contribution in [3.8, 4) is 0 Å². The van der Waals surface area contributed by atoms with Crippen LogP contribution in [0.5, 0.6) is 0 Å². The summed E-state index contributed by atoms with van der Waals surface area (Å²) < 4.78 is 7.93. The summed E-state index contributed by atoms with van der Waals surface area (Å²) in [5.74, 6) is 0.402. The van der Waals surface area contributed by atoms with Crippen molar-refractivity contribution in [1.29, 1.82) is 0 Å². The van der Waals surface area contributed by atoms with Crippen LogP contribution in [0.15, 0.2) is 59.5 Å². The number of nitrogens with one attached hydrogen (secondary N) is 1. The zero-order valence-corrected chi connectivity index (χ0v) is 17.1. The molecule has 2 aromatic heterocycles. The Kier molecular flexibility index (Phi) is 5.98. The van der Waals surface area contributed by atoms with Crippen molar-refractivity contribution >= 4 is 58.2 Å². The lowest BCUT2D eigenvalue weighted by Crippen LogP contribution is -2.13. The van der Waals surface area contributed by atoms with E-state index in [0.717, 1.165) is 16.7 Å². The van der Waals surface area contributed by atoms with Gasteiger partial charge in [0.25, 0.3) is 5.91 Å². The molecule has 0 aliphatic rings. The summed E-state index contributed by atoms with van der Waals surface area (Å²) >= 11 is 12.3. The number of nitrogens with zero attached hydrogens (tertiary/aromatic N) is 2. The largest absolute Gasteiger partial charge is 0.459 e. The SMILES string of the molecule is Cc1oc2c(NC(=O)c3c(Cl)cccc3Cl)cccc2c1Cn1ccnc1.Cl. The number of benzene rings is 2. The van der Waals surface area contributed by atoms with Crippen LogP contribution >= 0.6 is 35.6 Å². The van der Waals surface area contributed by atoms with Crippen molar-refractivity contribution in [2.45, 2.75) is 13.5 Å². The molecule has 2 aromatic carbocycles. The van der Waals surface area contributed by atoms with Gasteiger partial charge in [0.15, 0.2) is 5.58 Å². The standard InChI is InChI=1S/C20H15Cl2N3O2.ClH/c1-12-14(10-25-9-8-23-11-25)13-4-2-7-17(19(13)27-12)24-20(26)18-15(21)5-3-6-16(18)22;/h2-9,11H,10H2,1H3,(H,24,26);1H. The van der Waals surface area contributed by atoms with Crippen molar-refractivity contribution in [3.05, 3.63) is 82.1 Å². The average Bonchev–Trinajstić information content (AvgIpc) is 3.24. The molecule has 4 rings (SSSR count). The number of halogens is 3. The number of hydrogen-bond donors (Lipinski definition) is 1. The number of furan rings is 1. The van der Waals surface area contributed by atoms with E-state index in [1.54, 1.807) is 36.8 Å². The Labute approximate surface area is 177 Å². The number of aryl methyl sites for hydroxylation is 1. The number of rotatable bonds is 4. The molecule has 0 spiro atoms. The molecule has 0 bridgehead atoms. The summed E-state index contributed by atoms with van der Waals surface area (Å²) in [6, 6.07) is 10.6. The van der Waals surface area contributed by atoms with E-state index in [2.05, 4.69) is 10.3 Å². The molecule has 1 N–H and O–H groups in total. The van der Waals surface area contributed by atoms with E-state index in [9.17, 15) is 4.79 Å². The fourth-order valence-electron chi connectivity index (χ4n) is 3.05. The number of hydrogen-bond acceptors (Lipinski definition) is 3. The second kappa shape index (κ2) is 8.27. The van der Waals surface area contributed by atoms with Crippen LogP contribution in [0.3, 0.4) is 0 Å². The highest BCUT2D eigenvalue weighted by atomic mass is 35.5. The number of fused-ring (bicyclic) bond motifs is 1. The lowest BCUT2D eigenvalue weighted by atomic mass is 10.1. The lowest BCUT2D eigenvalue weighted by molar-refractivity contribution is 0.102. The van der Waals surface area contributed by atoms with Gasteiger partial charge in [0.1, 0.15) is 5.76 Å². The van der Waals surface area contributed by atoms with Crippen LogP contribution < -0.4 is 5.32 Å². The van der Waals surface area contributed by atoms with E-state index in [4.69, 9.17) is 27.6 Å². The molecule has 0 atom stereocenters. The van der Waals surface area contributed by atoms with Crippen molar-refractivity contribution in [2.24, 2.45) is 0 Å². The third-order valence-electron chi connectivity index (χ3n) is 4.36. The monoisotopic (exact) mass is 435 g/mol. The van der Waals surface area contributed by atoms with Gasteiger partial charge in [-0.1, -0.05) is 41.4 Å². The Hall–Kier alpha value is -2.47. The van der Waals surface area contributed by atoms with Crippen LogP contribution in [0.1, 0.15) is 21.7 Å². The molecule has 5 nitrogen and oxygen atoms in total. The normalized spacial score (nSPS) is 10.7. The number of anilines is 1. The molecular weight excluding hydrogens is 421 g/mol. The molecular formula is C20H16Cl3N3O2. The first-order chi connectivity index (χ1) is 13.0. The minimum atomic E-state index is -0.386. The van der Waals surface area contributed by atoms with E-state index < -0.39 is 0 Å². The maximum atomic E-state index is 12.7. The first-order valence-electron chi connectivity index (χ1n) is 8.26. The predicted octanol–water partition coefficient (Wildman–Crippen LogP) is 5.97. The molecule has 4 aromatic rings. The molecule has 2 heterocycles. The summed E-state index contributed by atoms with van der Waals surface area (Å²) in [7, 11) is 0. The Balaban J connectivity index is 0.00000225. The van der Waals surface area contributed by atoms with Crippen LogP contribution in [0, 0.1) is 6.92 Å². The molecule has 1 amide bonds. The van der Waals surface area contributed by atoms with Crippen molar-refractivity contribution in [2.75, 3.05) is 5.32 Å². The Morgan fingerprint density at radius 1 is 1.18 bits per heavy atom. The minimum Gasteiger partial charge on any atom is -0.459 e. The second-order valence-corrected chi connectivity index (χ2v) is 6.92. The molecule has 0 unspecified atom stereocenters. The molecule has 28 heavy (non-hydrogen) atoms. The summed E-state index contributed by atoms with van der Waals surface area (Å²) in [5, 5.41) is 4.39. The Bertz CT molecular complexity index is 1120. The van der Waals surface area contributed by atoms with Crippen molar-refractivity contribution in [1.82, 2.24) is 9.55 Å². The summed E-state index contributed by atoms with van der Waals surface area (Å²) in [6.07, 6.45) is 5.38. The Morgan fingerprint density at radius 2 is 1.89 bits per heavy atom. The van der Waals surface area contributed by atoms with E-state index in [1.165, 1.54) is 0 Å². The van der Waals surface area contributed by atoms with Crippen molar-refractivity contribution in [3.63, 3.8) is 0 Å². The summed E-state index contributed by atoms with van der Waals surface area (Å²) in [4.78, 5) is 16.8. The van der Waals surface area contributed by atoms with Gasteiger partial charge in [-0.2, -0.15) is 0 Å². The van der Waals surface area contributed by atoms with E-state index >= 15 is 0 Å². The van der Waals surface area contributed by atoms with Gasteiger partial charge in [-0.05, 0) is 25.1 Å². The number of aromatic nitrogens is 2. The fourth-order valence-corrected chi connectivity index (χ4v) is 3.62. The molecule has 8 heteroatoms. The molecule has 0 saturated carbocycles. The maximum Gasteiger partial charge on any atom is 0.258 e. The highest BCUT2D eigenvalue weighted by Crippen LogP contribution is 2.33. The molecule has 0 aliphatic carbocycles. The highest BCUT2D eigenvalue weighted by Gasteiger charge is 2.19. The van der Waals surface area contributed by atoms with Gasteiger partial charge in [-0.15, -0.1) is 12.4 Å². The predicted molar refractivity (Wildman–Crippen MR) is 114 cm³/mol. The third kappa shape index (κ3) is 3.74. The topological polar surface area (TPSA) is 60.1 Å². The van der Waals surface area contributed by atoms with Crippen LogP contribution in [0.4, 0.5) is 5.69 Å². The highest BCUT2D eigenvalue weighted by molar-refractivity contribution is 6.40. The van der Waals surface area contributed by atoms with Gasteiger partial charge < -0.3 is 14.3 Å². The number of carbonyl (C=O) groups excluding carboxylic acids is 1. The van der Waals surface area contributed by atoms with Crippen LogP contribution in [-0.4, -0.2) is 15.5 Å². The molecule has 0 saturated heterocycles.